The normalized spacial score (nSPS) is 60.8. The first-order valence-corrected chi connectivity index (χ1v) is 5.46. The molecule has 0 amide bonds. The molecule has 0 N–H and O–H groups in total. The van der Waals surface area contributed by atoms with Crippen LogP contribution in [0.3, 0.4) is 0 Å². The first-order valence-electron chi connectivity index (χ1n) is 5.46. The van der Waals surface area contributed by atoms with E-state index in [1.807, 2.05) is 0 Å². The average Bonchev–Trinajstić information content (AvgIpc) is 1.95. The van der Waals surface area contributed by atoms with Crippen LogP contribution >= 0.6 is 0 Å². The fourth-order valence-electron chi connectivity index (χ4n) is 4.58. The fraction of sp³-hybridized carbons (Fsp3) is 0.909. The fourth-order valence-corrected chi connectivity index (χ4v) is 4.58. The molecule has 4 aliphatic rings. The first kappa shape index (κ1) is 8.86. The van der Waals surface area contributed by atoms with Gasteiger partial charge in [0.2, 0.25) is 0 Å². The molecule has 4 bridgehead atoms. The van der Waals surface area contributed by atoms with E-state index in [-0.39, 0.29) is 10.8 Å². The standard InChI is InChI=1S/C11H19N2O/c1-10-4-12-5-11(2,9(10)14)7-13(3,6-10)8-12/h4-8H2,1-3H3/q+1/t10-,11-/m0/s1. The van der Waals surface area contributed by atoms with Crippen molar-refractivity contribution < 1.29 is 9.28 Å². The highest BCUT2D eigenvalue weighted by Crippen LogP contribution is 2.48. The highest BCUT2D eigenvalue weighted by molar-refractivity contribution is 5.92. The maximum atomic E-state index is 12.3. The zero-order valence-electron chi connectivity index (χ0n) is 9.34. The van der Waals surface area contributed by atoms with Gasteiger partial charge in [0.05, 0.1) is 31.0 Å². The second-order valence-electron chi connectivity index (χ2n) is 6.51. The van der Waals surface area contributed by atoms with Crippen molar-refractivity contribution in [1.82, 2.24) is 4.90 Å². The van der Waals surface area contributed by atoms with Crippen LogP contribution in [0.2, 0.25) is 0 Å². The molecule has 0 spiro atoms. The minimum absolute atomic E-state index is 0.0573. The van der Waals surface area contributed by atoms with Crippen LogP contribution in [-0.4, -0.2) is 55.1 Å². The van der Waals surface area contributed by atoms with Crippen LogP contribution in [0.4, 0.5) is 0 Å². The van der Waals surface area contributed by atoms with Crippen molar-refractivity contribution >= 4 is 5.78 Å². The van der Waals surface area contributed by atoms with Gasteiger partial charge in [0.25, 0.3) is 0 Å². The van der Waals surface area contributed by atoms with Crippen LogP contribution in [0.15, 0.2) is 0 Å². The van der Waals surface area contributed by atoms with Gasteiger partial charge in [-0.1, -0.05) is 0 Å². The topological polar surface area (TPSA) is 20.3 Å². The van der Waals surface area contributed by atoms with Gasteiger partial charge in [-0.05, 0) is 13.8 Å². The van der Waals surface area contributed by atoms with Crippen molar-refractivity contribution in [1.29, 1.82) is 0 Å². The van der Waals surface area contributed by atoms with Gasteiger partial charge in [-0.2, -0.15) is 0 Å². The number of piperidine rings is 2. The minimum Gasteiger partial charge on any atom is -0.312 e. The van der Waals surface area contributed by atoms with Crippen molar-refractivity contribution in [2.75, 3.05) is 39.9 Å². The van der Waals surface area contributed by atoms with Crippen molar-refractivity contribution in [3.63, 3.8) is 0 Å². The van der Waals surface area contributed by atoms with Gasteiger partial charge in [0.1, 0.15) is 6.67 Å². The highest BCUT2D eigenvalue weighted by Gasteiger charge is 2.64. The van der Waals surface area contributed by atoms with Gasteiger partial charge >= 0.3 is 0 Å². The summed E-state index contributed by atoms with van der Waals surface area (Å²) in [5.41, 5.74) is -0.115. The molecule has 4 fully saturated rings. The van der Waals surface area contributed by atoms with E-state index in [1.165, 1.54) is 0 Å². The number of hydrogen-bond acceptors (Lipinski definition) is 2. The predicted octanol–water partition coefficient (Wildman–Crippen LogP) is 0.315. The number of rotatable bonds is 0. The summed E-state index contributed by atoms with van der Waals surface area (Å²) in [7, 11) is 2.30. The van der Waals surface area contributed by atoms with E-state index in [0.29, 0.717) is 5.78 Å². The van der Waals surface area contributed by atoms with Gasteiger partial charge in [-0.3, -0.25) is 9.69 Å². The summed E-state index contributed by atoms with van der Waals surface area (Å²) in [5, 5.41) is 0. The van der Waals surface area contributed by atoms with Crippen LogP contribution < -0.4 is 0 Å². The Morgan fingerprint density at radius 3 is 2.14 bits per heavy atom. The van der Waals surface area contributed by atoms with Gasteiger partial charge in [-0.15, -0.1) is 0 Å². The van der Waals surface area contributed by atoms with E-state index in [2.05, 4.69) is 25.8 Å². The SMILES string of the molecule is C[C@]12CN3C[C@@](C)(C[N+](C)(C3)C1)C2=O. The summed E-state index contributed by atoms with van der Waals surface area (Å²) in [6.07, 6.45) is 0. The molecule has 0 unspecified atom stereocenters. The number of carbonyl (C=O) groups is 1. The molecule has 3 nitrogen and oxygen atoms in total. The smallest absolute Gasteiger partial charge is 0.158 e. The maximum absolute atomic E-state index is 12.3. The second-order valence-corrected chi connectivity index (χ2v) is 6.51. The van der Waals surface area contributed by atoms with E-state index >= 15 is 0 Å². The lowest BCUT2D eigenvalue weighted by atomic mass is 9.62. The molecule has 14 heavy (non-hydrogen) atoms. The molecule has 0 aromatic carbocycles. The van der Waals surface area contributed by atoms with Crippen molar-refractivity contribution in [2.24, 2.45) is 10.8 Å². The summed E-state index contributed by atoms with van der Waals surface area (Å²) in [6.45, 7) is 9.57. The van der Waals surface area contributed by atoms with Gasteiger partial charge in [0, 0.05) is 13.1 Å². The molecular formula is C11H19N2O+. The number of nitrogens with zero attached hydrogens (tertiary/aromatic N) is 2. The quantitative estimate of drug-likeness (QED) is 0.519. The van der Waals surface area contributed by atoms with E-state index in [4.69, 9.17) is 0 Å². The molecular weight excluding hydrogens is 176 g/mol. The lowest BCUT2D eigenvalue weighted by Gasteiger charge is -2.63. The van der Waals surface area contributed by atoms with Gasteiger partial charge in [-0.25, -0.2) is 0 Å². The molecule has 4 heterocycles. The van der Waals surface area contributed by atoms with Crippen LogP contribution in [0.1, 0.15) is 13.8 Å². The number of quaternary nitrogens is 1. The third-order valence-corrected chi connectivity index (χ3v) is 4.24. The van der Waals surface area contributed by atoms with E-state index in [9.17, 15) is 4.79 Å². The lowest BCUT2D eigenvalue weighted by molar-refractivity contribution is -0.946. The molecule has 0 aromatic heterocycles. The molecule has 4 saturated heterocycles. The van der Waals surface area contributed by atoms with Crippen LogP contribution in [0, 0.1) is 10.8 Å². The largest absolute Gasteiger partial charge is 0.312 e. The van der Waals surface area contributed by atoms with Crippen molar-refractivity contribution in [3.8, 4) is 0 Å². The summed E-state index contributed by atoms with van der Waals surface area (Å²) in [6, 6.07) is 0. The second kappa shape index (κ2) is 2.07. The Hall–Kier alpha value is -0.410. The maximum Gasteiger partial charge on any atom is 0.158 e. The summed E-state index contributed by atoms with van der Waals surface area (Å²) >= 11 is 0. The molecule has 0 saturated carbocycles. The Balaban J connectivity index is 2.12. The molecule has 0 aliphatic carbocycles. The monoisotopic (exact) mass is 195 g/mol. The predicted molar refractivity (Wildman–Crippen MR) is 53.6 cm³/mol. The van der Waals surface area contributed by atoms with E-state index in [1.54, 1.807) is 0 Å². The molecule has 2 atom stereocenters. The Morgan fingerprint density at radius 2 is 1.71 bits per heavy atom. The molecule has 78 valence electrons. The van der Waals surface area contributed by atoms with Crippen LogP contribution in [0.5, 0.6) is 0 Å². The molecule has 4 aliphatic heterocycles. The first-order chi connectivity index (χ1) is 6.35. The number of ketones is 1. The lowest BCUT2D eigenvalue weighted by Crippen LogP contribution is -2.80. The number of hydrogen-bond donors (Lipinski definition) is 0. The zero-order valence-corrected chi connectivity index (χ0v) is 9.34. The van der Waals surface area contributed by atoms with Crippen LogP contribution in [0.25, 0.3) is 0 Å². The van der Waals surface area contributed by atoms with E-state index < -0.39 is 0 Å². The third-order valence-electron chi connectivity index (χ3n) is 4.24. The molecule has 4 rings (SSSR count). The average molecular weight is 195 g/mol. The summed E-state index contributed by atoms with van der Waals surface area (Å²) < 4.78 is 1.08. The van der Waals surface area contributed by atoms with E-state index in [0.717, 1.165) is 37.3 Å². The van der Waals surface area contributed by atoms with Crippen LogP contribution in [-0.2, 0) is 4.79 Å². The number of Topliss-reactive ketones (excluding diaryl/α,β-unsaturated/α-hetero) is 1. The Kier molecular flexibility index (Phi) is 1.31. The number of carbonyl (C=O) groups excluding carboxylic acids is 1. The summed E-state index contributed by atoms with van der Waals surface area (Å²) in [4.78, 5) is 14.8. The highest BCUT2D eigenvalue weighted by atomic mass is 16.1. The molecule has 0 aromatic rings. The third kappa shape index (κ3) is 0.873. The Morgan fingerprint density at radius 1 is 1.21 bits per heavy atom. The minimum atomic E-state index is -0.0573. The van der Waals surface area contributed by atoms with Crippen molar-refractivity contribution in [2.45, 2.75) is 13.8 Å². The van der Waals surface area contributed by atoms with Crippen molar-refractivity contribution in [3.05, 3.63) is 0 Å². The Bertz CT molecular complexity index is 303. The molecule has 3 heteroatoms. The molecule has 0 radical (unpaired) electrons. The van der Waals surface area contributed by atoms with Gasteiger partial charge in [0.15, 0.2) is 5.78 Å². The zero-order chi connectivity index (χ0) is 10.2. The van der Waals surface area contributed by atoms with Gasteiger partial charge < -0.3 is 4.48 Å². The summed E-state index contributed by atoms with van der Waals surface area (Å²) in [5.74, 6) is 0.525. The Labute approximate surface area is 85.3 Å².